The predicted octanol–water partition coefficient (Wildman–Crippen LogP) is 2.74. The van der Waals surface area contributed by atoms with Gasteiger partial charge in [0.05, 0.1) is 17.5 Å². The monoisotopic (exact) mass is 271 g/mol. The molecule has 0 saturated carbocycles. The number of fused-ring (bicyclic) bond motifs is 3. The van der Waals surface area contributed by atoms with Crippen molar-refractivity contribution in [3.63, 3.8) is 0 Å². The molecule has 0 aliphatic heterocycles. The van der Waals surface area contributed by atoms with Crippen molar-refractivity contribution in [2.75, 3.05) is 0 Å². The SMILES string of the molecule is CC(C)(C)c1cccc2c1nc1[nH]c(CC(=O)O)cn12. The van der Waals surface area contributed by atoms with Crippen LogP contribution in [0.1, 0.15) is 32.0 Å². The number of para-hydroxylation sites is 1. The molecule has 2 N–H and O–H groups in total. The van der Waals surface area contributed by atoms with E-state index in [1.54, 1.807) is 0 Å². The number of carboxylic acids is 1. The average molecular weight is 271 g/mol. The van der Waals surface area contributed by atoms with E-state index >= 15 is 0 Å². The lowest BCUT2D eigenvalue weighted by Gasteiger charge is -2.19. The van der Waals surface area contributed by atoms with Gasteiger partial charge >= 0.3 is 5.97 Å². The van der Waals surface area contributed by atoms with Crippen LogP contribution in [0.2, 0.25) is 0 Å². The number of hydrogen-bond donors (Lipinski definition) is 2. The summed E-state index contributed by atoms with van der Waals surface area (Å²) in [5, 5.41) is 8.84. The van der Waals surface area contributed by atoms with Crippen molar-refractivity contribution in [2.45, 2.75) is 32.6 Å². The van der Waals surface area contributed by atoms with Crippen LogP contribution in [0.4, 0.5) is 0 Å². The van der Waals surface area contributed by atoms with E-state index < -0.39 is 5.97 Å². The first-order valence-electron chi connectivity index (χ1n) is 6.57. The first kappa shape index (κ1) is 12.7. The molecule has 5 nitrogen and oxygen atoms in total. The van der Waals surface area contributed by atoms with E-state index in [0.717, 1.165) is 11.0 Å². The van der Waals surface area contributed by atoms with E-state index in [1.807, 2.05) is 22.7 Å². The molecule has 0 amide bonds. The first-order valence-corrected chi connectivity index (χ1v) is 6.57. The van der Waals surface area contributed by atoms with E-state index in [2.05, 4.69) is 36.8 Å². The van der Waals surface area contributed by atoms with Crippen molar-refractivity contribution in [3.05, 3.63) is 35.7 Å². The Hall–Kier alpha value is -2.30. The van der Waals surface area contributed by atoms with Crippen molar-refractivity contribution in [1.82, 2.24) is 14.4 Å². The largest absolute Gasteiger partial charge is 0.481 e. The Bertz CT molecular complexity index is 806. The van der Waals surface area contributed by atoms with Crippen molar-refractivity contribution >= 4 is 22.8 Å². The number of nitrogens with one attached hydrogen (secondary N) is 1. The molecule has 20 heavy (non-hydrogen) atoms. The van der Waals surface area contributed by atoms with Gasteiger partial charge in [0.25, 0.3) is 0 Å². The van der Waals surface area contributed by atoms with E-state index in [9.17, 15) is 4.79 Å². The third-order valence-corrected chi connectivity index (χ3v) is 3.43. The molecule has 0 spiro atoms. The Morgan fingerprint density at radius 3 is 2.80 bits per heavy atom. The quantitative estimate of drug-likeness (QED) is 0.753. The molecule has 104 valence electrons. The summed E-state index contributed by atoms with van der Waals surface area (Å²) in [5.41, 5.74) is 3.83. The number of rotatable bonds is 2. The van der Waals surface area contributed by atoms with Gasteiger partial charge in [0.1, 0.15) is 0 Å². The fourth-order valence-electron chi connectivity index (χ4n) is 2.53. The Labute approximate surface area is 116 Å². The molecular formula is C15H17N3O2. The molecule has 0 radical (unpaired) electrons. The molecule has 2 heterocycles. The Kier molecular flexibility index (Phi) is 2.61. The number of nitrogens with zero attached hydrogens (tertiary/aromatic N) is 2. The second-order valence-electron chi connectivity index (χ2n) is 6.08. The van der Waals surface area contributed by atoms with Gasteiger partial charge in [-0.05, 0) is 17.0 Å². The van der Waals surface area contributed by atoms with Crippen LogP contribution in [-0.4, -0.2) is 25.4 Å². The van der Waals surface area contributed by atoms with Crippen LogP contribution in [0.3, 0.4) is 0 Å². The molecule has 0 atom stereocenters. The number of H-pyrrole nitrogens is 1. The Morgan fingerprint density at radius 2 is 2.15 bits per heavy atom. The van der Waals surface area contributed by atoms with Crippen LogP contribution in [0.25, 0.3) is 16.8 Å². The van der Waals surface area contributed by atoms with Crippen molar-refractivity contribution < 1.29 is 9.90 Å². The molecule has 0 saturated heterocycles. The minimum Gasteiger partial charge on any atom is -0.481 e. The van der Waals surface area contributed by atoms with Gasteiger partial charge in [-0.15, -0.1) is 0 Å². The molecular weight excluding hydrogens is 254 g/mol. The van der Waals surface area contributed by atoms with Crippen LogP contribution in [0.5, 0.6) is 0 Å². The maximum atomic E-state index is 10.8. The van der Waals surface area contributed by atoms with Crippen molar-refractivity contribution in [2.24, 2.45) is 0 Å². The average Bonchev–Trinajstić information content (AvgIpc) is 2.82. The van der Waals surface area contributed by atoms with Crippen LogP contribution in [0.15, 0.2) is 24.4 Å². The fraction of sp³-hybridized carbons (Fsp3) is 0.333. The number of aromatic nitrogens is 3. The van der Waals surface area contributed by atoms with E-state index in [-0.39, 0.29) is 11.8 Å². The summed E-state index contributed by atoms with van der Waals surface area (Å²) in [4.78, 5) is 18.5. The third kappa shape index (κ3) is 1.95. The number of benzene rings is 1. The number of imidazole rings is 2. The number of carbonyl (C=O) groups is 1. The molecule has 0 aliphatic rings. The number of hydrogen-bond acceptors (Lipinski definition) is 2. The normalized spacial score (nSPS) is 12.3. The van der Waals surface area contributed by atoms with E-state index in [4.69, 9.17) is 5.11 Å². The summed E-state index contributed by atoms with van der Waals surface area (Å²) in [6.07, 6.45) is 1.79. The molecule has 0 unspecified atom stereocenters. The zero-order chi connectivity index (χ0) is 14.5. The van der Waals surface area contributed by atoms with Gasteiger partial charge in [0.2, 0.25) is 5.78 Å². The molecule has 3 rings (SSSR count). The summed E-state index contributed by atoms with van der Waals surface area (Å²) < 4.78 is 1.92. The van der Waals surface area contributed by atoms with Crippen molar-refractivity contribution in [1.29, 1.82) is 0 Å². The molecule has 5 heteroatoms. The fourth-order valence-corrected chi connectivity index (χ4v) is 2.53. The smallest absolute Gasteiger partial charge is 0.309 e. The summed E-state index contributed by atoms with van der Waals surface area (Å²) in [6.45, 7) is 6.47. The lowest BCUT2D eigenvalue weighted by atomic mass is 9.86. The summed E-state index contributed by atoms with van der Waals surface area (Å²) in [7, 11) is 0. The van der Waals surface area contributed by atoms with Crippen LogP contribution >= 0.6 is 0 Å². The van der Waals surface area contributed by atoms with Gasteiger partial charge < -0.3 is 10.1 Å². The molecule has 0 bridgehead atoms. The molecule has 2 aromatic heterocycles. The van der Waals surface area contributed by atoms with Gasteiger partial charge in [-0.3, -0.25) is 9.20 Å². The van der Waals surface area contributed by atoms with E-state index in [1.165, 1.54) is 5.56 Å². The summed E-state index contributed by atoms with van der Waals surface area (Å²) in [5.74, 6) is -0.165. The van der Waals surface area contributed by atoms with Gasteiger partial charge in [0.15, 0.2) is 0 Å². The summed E-state index contributed by atoms with van der Waals surface area (Å²) >= 11 is 0. The van der Waals surface area contributed by atoms with Crippen molar-refractivity contribution in [3.8, 4) is 0 Å². The highest BCUT2D eigenvalue weighted by Crippen LogP contribution is 2.30. The lowest BCUT2D eigenvalue weighted by molar-refractivity contribution is -0.136. The highest BCUT2D eigenvalue weighted by Gasteiger charge is 2.20. The van der Waals surface area contributed by atoms with Gasteiger partial charge in [-0.2, -0.15) is 0 Å². The molecule has 0 fully saturated rings. The van der Waals surface area contributed by atoms with Crippen LogP contribution < -0.4 is 0 Å². The zero-order valence-corrected chi connectivity index (χ0v) is 11.8. The van der Waals surface area contributed by atoms with E-state index in [0.29, 0.717) is 11.5 Å². The zero-order valence-electron chi connectivity index (χ0n) is 11.8. The maximum absolute atomic E-state index is 10.8. The van der Waals surface area contributed by atoms with Gasteiger partial charge in [-0.25, -0.2) is 4.98 Å². The maximum Gasteiger partial charge on any atom is 0.309 e. The standard InChI is InChI=1S/C15H17N3O2/c1-15(2,3)10-5-4-6-11-13(10)17-14-16-9(7-12(19)20)8-18(11)14/h4-6,8H,7H2,1-3H3,(H,16,17)(H,19,20). The highest BCUT2D eigenvalue weighted by atomic mass is 16.4. The molecule has 1 aromatic carbocycles. The van der Waals surface area contributed by atoms with Crippen LogP contribution in [0, 0.1) is 0 Å². The highest BCUT2D eigenvalue weighted by molar-refractivity contribution is 5.84. The Balaban J connectivity index is 2.23. The minimum absolute atomic E-state index is 0.0166. The lowest BCUT2D eigenvalue weighted by Crippen LogP contribution is -2.11. The number of aliphatic carboxylic acids is 1. The topological polar surface area (TPSA) is 70.4 Å². The van der Waals surface area contributed by atoms with Gasteiger partial charge in [-0.1, -0.05) is 32.9 Å². The van der Waals surface area contributed by atoms with Gasteiger partial charge in [0, 0.05) is 11.9 Å². The first-order chi connectivity index (χ1) is 9.36. The third-order valence-electron chi connectivity index (χ3n) is 3.43. The summed E-state index contributed by atoms with van der Waals surface area (Å²) in [6, 6.07) is 6.11. The molecule has 0 aliphatic carbocycles. The second-order valence-corrected chi connectivity index (χ2v) is 6.08. The number of carboxylic acid groups (broad SMARTS) is 1. The van der Waals surface area contributed by atoms with Crippen LogP contribution in [-0.2, 0) is 16.6 Å². The molecule has 3 aromatic rings. The Morgan fingerprint density at radius 1 is 1.40 bits per heavy atom. The second kappa shape index (κ2) is 4.10. The minimum atomic E-state index is -0.853. The predicted molar refractivity (Wildman–Crippen MR) is 77.1 cm³/mol. The number of aromatic amines is 1.